The number of methoxy groups -OCH3 is 1. The van der Waals surface area contributed by atoms with Gasteiger partial charge in [0.1, 0.15) is 5.75 Å². The van der Waals surface area contributed by atoms with Crippen LogP contribution >= 0.6 is 15.9 Å². The molecule has 4 aromatic rings. The molecule has 3 aliphatic rings. The Labute approximate surface area is 484 Å². The zero-order valence-corrected chi connectivity index (χ0v) is 49.7. The van der Waals surface area contributed by atoms with Gasteiger partial charge in [-0.1, -0.05) is 103 Å². The number of nitrogens with one attached hydrogen (secondary N) is 1. The predicted octanol–water partition coefficient (Wildman–Crippen LogP) is 12.8. The van der Waals surface area contributed by atoms with Gasteiger partial charge in [0.05, 0.1) is 47.1 Å². The highest BCUT2D eigenvalue weighted by Gasteiger charge is 2.32. The number of ether oxygens (including phenoxy) is 1. The first-order chi connectivity index (χ1) is 37.8. The van der Waals surface area contributed by atoms with Gasteiger partial charge in [-0.3, -0.25) is 24.2 Å². The zero-order chi connectivity index (χ0) is 61.9. The maximum absolute atomic E-state index is 10.7. The predicted molar refractivity (Wildman–Crippen MR) is 311 cm³/mol. The molecule has 81 heavy (non-hydrogen) atoms. The molecule has 3 fully saturated rings. The molecule has 9 N–H and O–H groups in total. The van der Waals surface area contributed by atoms with Crippen LogP contribution < -0.4 is 10.1 Å². The van der Waals surface area contributed by atoms with Gasteiger partial charge in [0.25, 0.3) is 0 Å². The number of aliphatic carboxylic acids is 4. The Balaban J connectivity index is 0.000000909. The number of hydrogen-bond donors (Lipinski definition) is 9. The van der Waals surface area contributed by atoms with Crippen LogP contribution in [-0.4, -0.2) is 114 Å². The number of aromatic carboxylic acids is 4. The first-order valence-electron chi connectivity index (χ1n) is 26.7. The fourth-order valence-corrected chi connectivity index (χ4v) is 8.17. The van der Waals surface area contributed by atoms with Crippen molar-refractivity contribution >= 4 is 63.7 Å². The maximum atomic E-state index is 10.7. The number of carboxylic acid groups (broad SMARTS) is 8. The van der Waals surface area contributed by atoms with E-state index in [0.29, 0.717) is 28.2 Å². The van der Waals surface area contributed by atoms with Crippen molar-refractivity contribution in [1.29, 1.82) is 0 Å². The molecule has 7 rings (SSSR count). The Morgan fingerprint density at radius 2 is 0.938 bits per heavy atom. The SMILES string of the molecule is CC(C)(C)C1CCC(C(=O)O)CC1.CC(C)(C)c1ccc(C(=O)O)cc1.CC(C)CC(=O)O.COc1ccc(C(=O)O)cc1.O=C(O)C1CCCCC1.O=C(O)C1CCNCC1.O=C(O)c1ccc(Br)cc1.O=C(O)c1cccnc1. The van der Waals surface area contributed by atoms with Crippen LogP contribution in [0.15, 0.2) is 102 Å². The third-order valence-corrected chi connectivity index (χ3v) is 13.4. The molecule has 1 aliphatic heterocycles. The van der Waals surface area contributed by atoms with Gasteiger partial charge in [-0.05, 0) is 165 Å². The summed E-state index contributed by atoms with van der Waals surface area (Å²) in [6.45, 7) is 18.5. The van der Waals surface area contributed by atoms with Gasteiger partial charge in [0.15, 0.2) is 0 Å². The molecule has 0 amide bonds. The number of rotatable bonds is 10. The molecule has 3 aromatic carbocycles. The van der Waals surface area contributed by atoms with E-state index in [4.69, 9.17) is 45.6 Å². The summed E-state index contributed by atoms with van der Waals surface area (Å²) in [5.41, 5.74) is 2.72. The van der Waals surface area contributed by atoms with Gasteiger partial charge in [-0.25, -0.2) is 19.2 Å². The highest BCUT2D eigenvalue weighted by atomic mass is 79.9. The van der Waals surface area contributed by atoms with Crippen molar-refractivity contribution in [2.75, 3.05) is 20.2 Å². The van der Waals surface area contributed by atoms with E-state index in [1.807, 2.05) is 26.0 Å². The van der Waals surface area contributed by atoms with E-state index in [1.165, 1.54) is 44.1 Å². The van der Waals surface area contributed by atoms with Crippen molar-refractivity contribution in [3.05, 3.63) is 130 Å². The Hall–Kier alpha value is -7.19. The van der Waals surface area contributed by atoms with Gasteiger partial charge >= 0.3 is 47.8 Å². The highest BCUT2D eigenvalue weighted by molar-refractivity contribution is 9.10. The van der Waals surface area contributed by atoms with Crippen molar-refractivity contribution < 1.29 is 83.9 Å². The lowest BCUT2D eigenvalue weighted by molar-refractivity contribution is -0.144. The summed E-state index contributed by atoms with van der Waals surface area (Å²) < 4.78 is 5.74. The minimum Gasteiger partial charge on any atom is -0.497 e. The number of nitrogens with zero attached hydrogens (tertiary/aromatic N) is 1. The van der Waals surface area contributed by atoms with Crippen molar-refractivity contribution in [3.8, 4) is 5.75 Å². The number of pyridine rings is 1. The molecule has 0 atom stereocenters. The number of carbonyl (C=O) groups is 8. The molecule has 2 saturated carbocycles. The topological polar surface area (TPSA) is 333 Å². The summed E-state index contributed by atoms with van der Waals surface area (Å²) in [6, 6.07) is 22.8. The van der Waals surface area contributed by atoms with Crippen LogP contribution in [0, 0.1) is 35.0 Å². The standard InChI is InChI=1S/C11H20O2.C11H14O2.C8H8O3.C7H5BrO2.C7H12O2.C6H11NO2.C6H5NO2.C5H10O2/c2*1-11(2,3)9-6-4-8(5-7-9)10(12)13;1-11-7-4-2-6(3-5-7)8(9)10;8-6-3-1-5(2-4-6)7(9)10;8-7(9)6-4-2-1-3-5-6;8-6(9)5-1-3-7-4-2-5;8-6(9)5-2-1-3-7-4-5;1-4(2)3-5(6)7/h8-9H,4-7H2,1-3H3,(H,12,13);4-7H,1-3H3,(H,12,13);2-5H,1H3,(H,9,10);1-4H,(H,9,10);6H,1-5H2,(H,8,9);5,7H,1-4H2,(H,8,9);1-4H,(H,8,9);4H,3H2,1-2H3,(H,6,7). The molecular formula is C61H85BrN2O17. The lowest BCUT2D eigenvalue weighted by atomic mass is 9.70. The smallest absolute Gasteiger partial charge is 0.337 e. The van der Waals surface area contributed by atoms with E-state index in [-0.39, 0.29) is 46.6 Å². The Morgan fingerprint density at radius 3 is 1.22 bits per heavy atom. The molecule has 1 saturated heterocycles. The van der Waals surface area contributed by atoms with Gasteiger partial charge in [0, 0.05) is 23.3 Å². The summed E-state index contributed by atoms with van der Waals surface area (Å²) in [5, 5.41) is 71.1. The van der Waals surface area contributed by atoms with Crippen molar-refractivity contribution in [2.45, 2.75) is 138 Å². The molecule has 0 radical (unpaired) electrons. The van der Waals surface area contributed by atoms with E-state index in [9.17, 15) is 38.4 Å². The average Bonchev–Trinajstić information content (AvgIpc) is 3.42. The molecule has 0 bridgehead atoms. The van der Waals surface area contributed by atoms with Crippen LogP contribution in [0.1, 0.15) is 179 Å². The van der Waals surface area contributed by atoms with Gasteiger partial charge in [-0.2, -0.15) is 0 Å². The molecule has 2 aliphatic carbocycles. The Kier molecular flexibility index (Phi) is 35.8. The van der Waals surface area contributed by atoms with Crippen LogP contribution in [0.5, 0.6) is 5.75 Å². The molecule has 19 nitrogen and oxygen atoms in total. The summed E-state index contributed by atoms with van der Waals surface area (Å²) in [4.78, 5) is 86.2. The highest BCUT2D eigenvalue weighted by Crippen LogP contribution is 2.39. The number of piperidine rings is 1. The number of hydrogen-bond acceptors (Lipinski definition) is 11. The molecular weight excluding hydrogens is 1110 g/mol. The van der Waals surface area contributed by atoms with Crippen molar-refractivity contribution in [2.24, 2.45) is 35.0 Å². The van der Waals surface area contributed by atoms with E-state index < -0.39 is 47.8 Å². The summed E-state index contributed by atoms with van der Waals surface area (Å²) in [7, 11) is 1.54. The van der Waals surface area contributed by atoms with Crippen molar-refractivity contribution in [1.82, 2.24) is 10.3 Å². The van der Waals surface area contributed by atoms with Gasteiger partial charge in [-0.15, -0.1) is 0 Å². The van der Waals surface area contributed by atoms with Crippen molar-refractivity contribution in [3.63, 3.8) is 0 Å². The second kappa shape index (κ2) is 39.2. The second-order valence-corrected chi connectivity index (χ2v) is 22.7. The lowest BCUT2D eigenvalue weighted by Crippen LogP contribution is -2.31. The molecule has 20 heteroatoms. The van der Waals surface area contributed by atoms with Crippen LogP contribution in [0.2, 0.25) is 0 Å². The second-order valence-electron chi connectivity index (χ2n) is 21.8. The van der Waals surface area contributed by atoms with Crippen LogP contribution in [0.4, 0.5) is 0 Å². The number of aromatic nitrogens is 1. The molecule has 0 spiro atoms. The Bertz CT molecular complexity index is 2460. The molecule has 0 unspecified atom stereocenters. The van der Waals surface area contributed by atoms with Crippen LogP contribution in [0.3, 0.4) is 0 Å². The van der Waals surface area contributed by atoms with Crippen LogP contribution in [-0.2, 0) is 24.6 Å². The van der Waals surface area contributed by atoms with Gasteiger partial charge < -0.3 is 50.9 Å². The number of halogens is 1. The molecule has 448 valence electrons. The normalized spacial score (nSPS) is 15.7. The van der Waals surface area contributed by atoms with E-state index in [0.717, 1.165) is 87.3 Å². The maximum Gasteiger partial charge on any atom is 0.337 e. The third kappa shape index (κ3) is 34.5. The summed E-state index contributed by atoms with van der Waals surface area (Å²) in [5.74, 6) is -4.74. The fraction of sp³-hybridized carbons (Fsp3) is 0.492. The third-order valence-electron chi connectivity index (χ3n) is 12.9. The van der Waals surface area contributed by atoms with E-state index in [1.54, 1.807) is 54.6 Å². The lowest BCUT2D eigenvalue weighted by Gasteiger charge is -2.35. The minimum absolute atomic E-state index is 0.0289. The first-order valence-corrected chi connectivity index (χ1v) is 27.5. The number of carboxylic acids is 8. The zero-order valence-electron chi connectivity index (χ0n) is 48.1. The minimum atomic E-state index is -0.942. The largest absolute Gasteiger partial charge is 0.497 e. The summed E-state index contributed by atoms with van der Waals surface area (Å²) >= 11 is 3.20. The van der Waals surface area contributed by atoms with Crippen LogP contribution in [0.25, 0.3) is 0 Å². The Morgan fingerprint density at radius 1 is 0.543 bits per heavy atom. The summed E-state index contributed by atoms with van der Waals surface area (Å²) in [6.07, 6.45) is 13.8. The molecule has 1 aromatic heterocycles. The van der Waals surface area contributed by atoms with E-state index >= 15 is 0 Å². The molecule has 2 heterocycles. The first kappa shape index (κ1) is 73.8. The monoisotopic (exact) mass is 1200 g/mol. The van der Waals surface area contributed by atoms with E-state index in [2.05, 4.69) is 67.8 Å². The van der Waals surface area contributed by atoms with Gasteiger partial charge in [0.2, 0.25) is 0 Å². The number of benzene rings is 3. The quantitative estimate of drug-likeness (QED) is 0.0712. The average molecular weight is 1200 g/mol. The fourth-order valence-electron chi connectivity index (χ4n) is 7.90.